The molecular formula is C28H44N2O2. The molecule has 0 aromatic heterocycles. The van der Waals surface area contributed by atoms with Gasteiger partial charge in [-0.15, -0.1) is 0 Å². The number of fused-ring (bicyclic) bond motifs is 5. The summed E-state index contributed by atoms with van der Waals surface area (Å²) in [4.78, 5) is 0. The van der Waals surface area contributed by atoms with Crippen molar-refractivity contribution in [3.8, 4) is 0 Å². The van der Waals surface area contributed by atoms with Crippen LogP contribution < -0.4 is 0 Å². The quantitative estimate of drug-likeness (QED) is 0.273. The van der Waals surface area contributed by atoms with Gasteiger partial charge in [-0.25, -0.2) is 0 Å². The normalized spacial score (nSPS) is 43.8. The Morgan fingerprint density at radius 3 is 2.38 bits per heavy atom. The van der Waals surface area contributed by atoms with Gasteiger partial charge in [0.05, 0.1) is 11.4 Å². The second kappa shape index (κ2) is 8.65. The molecule has 0 aromatic carbocycles. The molecular weight excluding hydrogens is 396 g/mol. The van der Waals surface area contributed by atoms with E-state index in [9.17, 15) is 10.4 Å². The number of oxime groups is 2. The smallest absolute Gasteiger partial charge is 0.0836 e. The Labute approximate surface area is 194 Å². The standard InChI is InChI=1S/C28H44N2O2/c1-17(2)18(3)7-8-19(4)22-9-10-23-21-16-26(30-32)25-15-20(29-31)11-13-28(25,6)24(21)12-14-27(22,23)5/h7-8,15,17-19,21-24,31-32H,9-14,16H2,1-6H3/t18?,19-,21+,22-,23+,24+,27-,28-/m1/s1. The van der Waals surface area contributed by atoms with Gasteiger partial charge in [0.1, 0.15) is 0 Å². The molecule has 4 rings (SSSR count). The van der Waals surface area contributed by atoms with Crippen molar-refractivity contribution < 1.29 is 10.4 Å². The predicted octanol–water partition coefficient (Wildman–Crippen LogP) is 7.32. The molecule has 1 unspecified atom stereocenters. The molecule has 32 heavy (non-hydrogen) atoms. The van der Waals surface area contributed by atoms with Crippen LogP contribution in [0.4, 0.5) is 0 Å². The van der Waals surface area contributed by atoms with Gasteiger partial charge in [-0.05, 0) is 109 Å². The van der Waals surface area contributed by atoms with E-state index in [0.29, 0.717) is 40.9 Å². The summed E-state index contributed by atoms with van der Waals surface area (Å²) in [5, 5.41) is 26.5. The van der Waals surface area contributed by atoms with E-state index in [2.05, 4.69) is 64.0 Å². The van der Waals surface area contributed by atoms with Crippen LogP contribution >= 0.6 is 0 Å². The highest BCUT2D eigenvalue weighted by Gasteiger charge is 2.60. The number of hydrogen-bond donors (Lipinski definition) is 2. The van der Waals surface area contributed by atoms with Crippen LogP contribution in [0.3, 0.4) is 0 Å². The fraction of sp³-hybridized carbons (Fsp3) is 0.786. The second-order valence-corrected chi connectivity index (χ2v) is 12.3. The Bertz CT molecular complexity index is 840. The Morgan fingerprint density at radius 1 is 0.969 bits per heavy atom. The molecule has 4 nitrogen and oxygen atoms in total. The molecule has 3 saturated carbocycles. The highest BCUT2D eigenvalue weighted by Crippen LogP contribution is 2.67. The van der Waals surface area contributed by atoms with Crippen LogP contribution in [0.5, 0.6) is 0 Å². The summed E-state index contributed by atoms with van der Waals surface area (Å²) < 4.78 is 0. The van der Waals surface area contributed by atoms with E-state index >= 15 is 0 Å². The van der Waals surface area contributed by atoms with E-state index in [1.54, 1.807) is 0 Å². The van der Waals surface area contributed by atoms with E-state index < -0.39 is 0 Å². The van der Waals surface area contributed by atoms with Crippen LogP contribution in [0.25, 0.3) is 0 Å². The van der Waals surface area contributed by atoms with Crippen molar-refractivity contribution in [1.82, 2.24) is 0 Å². The summed E-state index contributed by atoms with van der Waals surface area (Å²) in [5.41, 5.74) is 3.07. The van der Waals surface area contributed by atoms with E-state index in [0.717, 1.165) is 42.2 Å². The maximum atomic E-state index is 9.94. The van der Waals surface area contributed by atoms with Crippen LogP contribution in [0.1, 0.15) is 86.5 Å². The lowest BCUT2D eigenvalue weighted by molar-refractivity contribution is -0.0384. The number of rotatable bonds is 4. The van der Waals surface area contributed by atoms with Crippen molar-refractivity contribution in [2.45, 2.75) is 86.5 Å². The van der Waals surface area contributed by atoms with E-state index in [1.165, 1.54) is 25.7 Å². The van der Waals surface area contributed by atoms with Gasteiger partial charge < -0.3 is 10.4 Å². The Hall–Kier alpha value is -1.58. The minimum Gasteiger partial charge on any atom is -0.411 e. The fourth-order valence-electron chi connectivity index (χ4n) is 8.21. The average molecular weight is 441 g/mol. The fourth-order valence-corrected chi connectivity index (χ4v) is 8.21. The molecule has 3 fully saturated rings. The minimum absolute atomic E-state index is 0.0241. The van der Waals surface area contributed by atoms with Gasteiger partial charge >= 0.3 is 0 Å². The molecule has 0 radical (unpaired) electrons. The van der Waals surface area contributed by atoms with Crippen molar-refractivity contribution in [3.05, 3.63) is 23.8 Å². The van der Waals surface area contributed by atoms with Crippen LogP contribution in [0, 0.1) is 52.3 Å². The summed E-state index contributed by atoms with van der Waals surface area (Å²) in [7, 11) is 0. The van der Waals surface area contributed by atoms with Gasteiger partial charge in [0.2, 0.25) is 0 Å². The van der Waals surface area contributed by atoms with Gasteiger partial charge in [-0.2, -0.15) is 0 Å². The first-order valence-electron chi connectivity index (χ1n) is 13.0. The maximum absolute atomic E-state index is 9.94. The first kappa shape index (κ1) is 23.6. The average Bonchev–Trinajstić information content (AvgIpc) is 3.13. The third kappa shape index (κ3) is 3.66. The van der Waals surface area contributed by atoms with Crippen molar-refractivity contribution >= 4 is 11.4 Å². The third-order valence-electron chi connectivity index (χ3n) is 10.5. The summed E-state index contributed by atoms with van der Waals surface area (Å²) in [5.74, 6) is 4.59. The van der Waals surface area contributed by atoms with Crippen molar-refractivity contribution in [1.29, 1.82) is 0 Å². The summed E-state index contributed by atoms with van der Waals surface area (Å²) >= 11 is 0. The largest absolute Gasteiger partial charge is 0.411 e. The first-order chi connectivity index (χ1) is 15.2. The van der Waals surface area contributed by atoms with Gasteiger partial charge in [0.25, 0.3) is 0 Å². The third-order valence-corrected chi connectivity index (χ3v) is 10.5. The van der Waals surface area contributed by atoms with Crippen LogP contribution in [0.2, 0.25) is 0 Å². The van der Waals surface area contributed by atoms with Crippen molar-refractivity contribution in [2.24, 2.45) is 62.6 Å². The molecule has 8 atom stereocenters. The molecule has 0 aromatic rings. The second-order valence-electron chi connectivity index (χ2n) is 12.3. The molecule has 0 heterocycles. The highest BCUT2D eigenvalue weighted by atomic mass is 16.4. The van der Waals surface area contributed by atoms with Gasteiger partial charge in [0, 0.05) is 0 Å². The summed E-state index contributed by atoms with van der Waals surface area (Å²) in [6.45, 7) is 14.3. The maximum Gasteiger partial charge on any atom is 0.0836 e. The number of nitrogens with zero attached hydrogens (tertiary/aromatic N) is 2. The lowest BCUT2D eigenvalue weighted by atomic mass is 9.46. The molecule has 0 amide bonds. The van der Waals surface area contributed by atoms with Gasteiger partial charge in [0.15, 0.2) is 0 Å². The van der Waals surface area contributed by atoms with Crippen molar-refractivity contribution in [2.75, 3.05) is 0 Å². The minimum atomic E-state index is 0.0241. The molecule has 0 spiro atoms. The molecule has 4 aliphatic rings. The highest BCUT2D eigenvalue weighted by molar-refractivity contribution is 6.09. The zero-order valence-electron chi connectivity index (χ0n) is 21.0. The molecule has 4 aliphatic carbocycles. The Balaban J connectivity index is 1.60. The van der Waals surface area contributed by atoms with Gasteiger partial charge in [-0.3, -0.25) is 0 Å². The Morgan fingerprint density at radius 2 is 1.72 bits per heavy atom. The van der Waals surface area contributed by atoms with E-state index in [4.69, 9.17) is 0 Å². The molecule has 0 saturated heterocycles. The monoisotopic (exact) mass is 440 g/mol. The number of allylic oxidation sites excluding steroid dienone is 4. The summed E-state index contributed by atoms with van der Waals surface area (Å²) in [6.07, 6.45) is 14.8. The number of hydrogen-bond acceptors (Lipinski definition) is 4. The Kier molecular flexibility index (Phi) is 6.37. The molecule has 178 valence electrons. The zero-order valence-corrected chi connectivity index (χ0v) is 21.0. The SMILES string of the molecule is CC(C)C(C)C=C[C@@H](C)[C@H]1CC[C@H]2[C@@H]3CC(=NO)C4=CC(=NO)CC[C@]4(C)[C@H]3CC[C@]12C. The molecule has 0 aliphatic heterocycles. The van der Waals surface area contributed by atoms with Crippen molar-refractivity contribution in [3.63, 3.8) is 0 Å². The summed E-state index contributed by atoms with van der Waals surface area (Å²) in [6, 6.07) is 0. The lowest BCUT2D eigenvalue weighted by Crippen LogP contribution is -2.53. The van der Waals surface area contributed by atoms with Crippen LogP contribution in [-0.4, -0.2) is 21.8 Å². The predicted molar refractivity (Wildman–Crippen MR) is 131 cm³/mol. The van der Waals surface area contributed by atoms with E-state index in [-0.39, 0.29) is 5.41 Å². The molecule has 0 bridgehead atoms. The van der Waals surface area contributed by atoms with Gasteiger partial charge in [-0.1, -0.05) is 64.0 Å². The van der Waals surface area contributed by atoms with Crippen LogP contribution in [0.15, 0.2) is 34.1 Å². The first-order valence-corrected chi connectivity index (χ1v) is 13.0. The zero-order chi connectivity index (χ0) is 23.3. The lowest BCUT2D eigenvalue weighted by Gasteiger charge is -2.58. The topological polar surface area (TPSA) is 65.2 Å². The molecule has 2 N–H and O–H groups in total. The van der Waals surface area contributed by atoms with E-state index in [1.807, 2.05) is 6.08 Å². The molecule has 4 heteroatoms. The van der Waals surface area contributed by atoms with Crippen LogP contribution in [-0.2, 0) is 0 Å².